The van der Waals surface area contributed by atoms with Crippen molar-refractivity contribution in [1.82, 2.24) is 9.97 Å². The number of carbonyl (C=O) groups is 1. The zero-order chi connectivity index (χ0) is 18.4. The second-order valence-electron chi connectivity index (χ2n) is 5.90. The fraction of sp³-hybridized carbons (Fsp3) is 0.150. The number of carbonyl (C=O) groups excluding carboxylic acids is 1. The van der Waals surface area contributed by atoms with Gasteiger partial charge in [-0.3, -0.25) is 4.79 Å². The first kappa shape index (κ1) is 20.5. The Balaban J connectivity index is 0.00000261. The van der Waals surface area contributed by atoms with Gasteiger partial charge in [0.2, 0.25) is 5.91 Å². The van der Waals surface area contributed by atoms with Crippen molar-refractivity contribution in [2.24, 2.45) is 0 Å². The minimum Gasteiger partial charge on any atom is -0.346 e. The molecule has 0 bridgehead atoms. The second-order valence-corrected chi connectivity index (χ2v) is 6.34. The molecule has 5 nitrogen and oxygen atoms in total. The number of nitriles is 1. The van der Waals surface area contributed by atoms with Crippen LogP contribution in [0.5, 0.6) is 0 Å². The normalized spacial score (nSPS) is 9.93. The minimum absolute atomic E-state index is 0. The quantitative estimate of drug-likeness (QED) is 0.637. The summed E-state index contributed by atoms with van der Waals surface area (Å²) in [5, 5.41) is 12.2. The van der Waals surface area contributed by atoms with Crippen molar-refractivity contribution in [2.75, 3.05) is 5.32 Å². The summed E-state index contributed by atoms with van der Waals surface area (Å²) in [7, 11) is 0. The molecule has 0 fully saturated rings. The van der Waals surface area contributed by atoms with Crippen molar-refractivity contribution >= 4 is 35.6 Å². The van der Waals surface area contributed by atoms with Crippen LogP contribution < -0.4 is 5.32 Å². The van der Waals surface area contributed by atoms with E-state index in [4.69, 9.17) is 16.9 Å². The highest BCUT2D eigenvalue weighted by Gasteiger charge is 2.07. The molecular formula is C20H18Cl2N4O. The van der Waals surface area contributed by atoms with Crippen LogP contribution in [0.25, 0.3) is 0 Å². The summed E-state index contributed by atoms with van der Waals surface area (Å²) in [5.41, 5.74) is 3.31. The largest absolute Gasteiger partial charge is 0.346 e. The van der Waals surface area contributed by atoms with Gasteiger partial charge >= 0.3 is 0 Å². The monoisotopic (exact) mass is 400 g/mol. The van der Waals surface area contributed by atoms with Gasteiger partial charge in [0.25, 0.3) is 0 Å². The van der Waals surface area contributed by atoms with Crippen LogP contribution in [0, 0.1) is 11.3 Å². The molecule has 0 aliphatic rings. The van der Waals surface area contributed by atoms with Crippen LogP contribution in [0.15, 0.2) is 54.7 Å². The predicted molar refractivity (Wildman–Crippen MR) is 108 cm³/mol. The van der Waals surface area contributed by atoms with Gasteiger partial charge in [-0.15, -0.1) is 12.4 Å². The predicted octanol–water partition coefficient (Wildman–Crippen LogP) is 4.52. The fourth-order valence-electron chi connectivity index (χ4n) is 2.55. The van der Waals surface area contributed by atoms with Gasteiger partial charge in [0.1, 0.15) is 5.82 Å². The van der Waals surface area contributed by atoms with E-state index in [-0.39, 0.29) is 18.3 Å². The van der Waals surface area contributed by atoms with Crippen LogP contribution in [0.2, 0.25) is 5.02 Å². The molecule has 1 aromatic heterocycles. The molecule has 138 valence electrons. The number of aromatic nitrogens is 2. The molecule has 3 aromatic rings. The SMILES string of the molecule is Cl.N#Cc1ccc(Cc2ncc(CCC(=O)Nc3cccc(Cl)c3)[nH]2)cc1. The lowest BCUT2D eigenvalue weighted by Crippen LogP contribution is -2.12. The lowest BCUT2D eigenvalue weighted by molar-refractivity contribution is -0.116. The van der Waals surface area contributed by atoms with Crippen molar-refractivity contribution < 1.29 is 4.79 Å². The maximum atomic E-state index is 12.0. The Bertz CT molecular complexity index is 945. The Labute approximate surface area is 168 Å². The number of nitrogens with one attached hydrogen (secondary N) is 2. The number of hydrogen-bond donors (Lipinski definition) is 2. The van der Waals surface area contributed by atoms with Crippen molar-refractivity contribution in [3.8, 4) is 6.07 Å². The molecule has 1 amide bonds. The third-order valence-electron chi connectivity index (χ3n) is 3.87. The number of aromatic amines is 1. The average molecular weight is 401 g/mol. The summed E-state index contributed by atoms with van der Waals surface area (Å²) in [4.78, 5) is 19.6. The van der Waals surface area contributed by atoms with Gasteiger partial charge in [0, 0.05) is 35.4 Å². The first-order valence-corrected chi connectivity index (χ1v) is 8.57. The van der Waals surface area contributed by atoms with E-state index in [1.807, 2.05) is 12.1 Å². The molecule has 0 saturated carbocycles. The standard InChI is InChI=1S/C20H17ClN4O.ClH/c21-16-2-1-3-17(11-16)25-20(26)9-8-18-13-23-19(24-18)10-14-4-6-15(12-22)7-5-14;/h1-7,11,13H,8-10H2,(H,23,24)(H,25,26);1H. The van der Waals surface area contributed by atoms with Gasteiger partial charge in [-0.05, 0) is 42.3 Å². The molecule has 2 N–H and O–H groups in total. The number of H-pyrrole nitrogens is 1. The first-order valence-electron chi connectivity index (χ1n) is 8.19. The number of aryl methyl sites for hydroxylation is 1. The second kappa shape index (κ2) is 9.77. The number of hydrogen-bond acceptors (Lipinski definition) is 3. The van der Waals surface area contributed by atoms with E-state index in [1.165, 1.54) is 0 Å². The lowest BCUT2D eigenvalue weighted by Gasteiger charge is -2.04. The van der Waals surface area contributed by atoms with Crippen LogP contribution in [-0.2, 0) is 17.6 Å². The van der Waals surface area contributed by atoms with Crippen molar-refractivity contribution in [3.63, 3.8) is 0 Å². The Kier molecular flexibility index (Phi) is 7.42. The Morgan fingerprint density at radius 1 is 1.22 bits per heavy atom. The lowest BCUT2D eigenvalue weighted by atomic mass is 10.1. The van der Waals surface area contributed by atoms with Gasteiger partial charge in [-0.25, -0.2) is 4.98 Å². The molecule has 7 heteroatoms. The molecule has 2 aromatic carbocycles. The smallest absolute Gasteiger partial charge is 0.224 e. The third kappa shape index (κ3) is 6.14. The number of benzene rings is 2. The highest BCUT2D eigenvalue weighted by atomic mass is 35.5. The van der Waals surface area contributed by atoms with Crippen molar-refractivity contribution in [1.29, 1.82) is 5.26 Å². The number of amides is 1. The number of anilines is 1. The molecule has 0 spiro atoms. The van der Waals surface area contributed by atoms with Crippen LogP contribution in [0.3, 0.4) is 0 Å². The van der Waals surface area contributed by atoms with E-state index < -0.39 is 0 Å². The number of imidazole rings is 1. The fourth-order valence-corrected chi connectivity index (χ4v) is 2.74. The topological polar surface area (TPSA) is 81.6 Å². The molecule has 0 radical (unpaired) electrons. The van der Waals surface area contributed by atoms with Gasteiger partial charge in [0.05, 0.1) is 11.6 Å². The number of halogens is 2. The maximum absolute atomic E-state index is 12.0. The highest BCUT2D eigenvalue weighted by molar-refractivity contribution is 6.30. The Hall–Kier alpha value is -2.81. The zero-order valence-corrected chi connectivity index (χ0v) is 16.0. The zero-order valence-electron chi connectivity index (χ0n) is 14.4. The van der Waals surface area contributed by atoms with E-state index in [2.05, 4.69) is 21.4 Å². The molecule has 0 saturated heterocycles. The third-order valence-corrected chi connectivity index (χ3v) is 4.10. The first-order chi connectivity index (χ1) is 12.6. The maximum Gasteiger partial charge on any atom is 0.224 e. The molecule has 0 aliphatic carbocycles. The van der Waals surface area contributed by atoms with E-state index >= 15 is 0 Å². The van der Waals surface area contributed by atoms with E-state index in [1.54, 1.807) is 42.6 Å². The van der Waals surface area contributed by atoms with Crippen LogP contribution >= 0.6 is 24.0 Å². The van der Waals surface area contributed by atoms with Crippen molar-refractivity contribution in [3.05, 3.63) is 82.4 Å². The minimum atomic E-state index is -0.0736. The van der Waals surface area contributed by atoms with Gasteiger partial charge in [-0.1, -0.05) is 29.8 Å². The van der Waals surface area contributed by atoms with Crippen molar-refractivity contribution in [2.45, 2.75) is 19.3 Å². The summed E-state index contributed by atoms with van der Waals surface area (Å²) < 4.78 is 0. The van der Waals surface area contributed by atoms with Crippen LogP contribution in [0.4, 0.5) is 5.69 Å². The molecule has 0 aliphatic heterocycles. The van der Waals surface area contributed by atoms with Crippen LogP contribution in [0.1, 0.15) is 29.1 Å². The summed E-state index contributed by atoms with van der Waals surface area (Å²) in [6.45, 7) is 0. The number of rotatable bonds is 6. The molecule has 27 heavy (non-hydrogen) atoms. The molecule has 3 rings (SSSR count). The van der Waals surface area contributed by atoms with Gasteiger partial charge in [0.15, 0.2) is 0 Å². The summed E-state index contributed by atoms with van der Waals surface area (Å²) in [5.74, 6) is 0.760. The Morgan fingerprint density at radius 2 is 2.00 bits per heavy atom. The Morgan fingerprint density at radius 3 is 2.70 bits per heavy atom. The molecule has 0 unspecified atom stereocenters. The number of nitrogens with zero attached hydrogens (tertiary/aromatic N) is 2. The molecule has 1 heterocycles. The van der Waals surface area contributed by atoms with E-state index in [0.29, 0.717) is 35.5 Å². The molecule has 0 atom stereocenters. The van der Waals surface area contributed by atoms with Crippen LogP contribution in [-0.4, -0.2) is 15.9 Å². The summed E-state index contributed by atoms with van der Waals surface area (Å²) >= 11 is 5.91. The van der Waals surface area contributed by atoms with E-state index in [0.717, 1.165) is 17.1 Å². The average Bonchev–Trinajstić information content (AvgIpc) is 3.08. The van der Waals surface area contributed by atoms with Gasteiger partial charge < -0.3 is 10.3 Å². The summed E-state index contributed by atoms with van der Waals surface area (Å²) in [6, 6.07) is 16.6. The summed E-state index contributed by atoms with van der Waals surface area (Å²) in [6.07, 6.45) is 3.34. The highest BCUT2D eigenvalue weighted by Crippen LogP contribution is 2.15. The van der Waals surface area contributed by atoms with Gasteiger partial charge in [-0.2, -0.15) is 5.26 Å². The van der Waals surface area contributed by atoms with E-state index in [9.17, 15) is 4.79 Å². The molecular weight excluding hydrogens is 383 g/mol.